The third kappa shape index (κ3) is 4.62. The zero-order valence-corrected chi connectivity index (χ0v) is 14.9. The highest BCUT2D eigenvalue weighted by Crippen LogP contribution is 2.35. The number of imidazole rings is 1. The van der Waals surface area contributed by atoms with E-state index in [1.54, 1.807) is 14.2 Å². The summed E-state index contributed by atoms with van der Waals surface area (Å²) in [7, 11) is 3.20. The minimum atomic E-state index is 0.499. The minimum absolute atomic E-state index is 0.499. The lowest BCUT2D eigenvalue weighted by Crippen LogP contribution is -2.24. The van der Waals surface area contributed by atoms with Crippen LogP contribution in [0.1, 0.15) is 18.3 Å². The zero-order chi connectivity index (χ0) is 16.8. The van der Waals surface area contributed by atoms with Crippen LogP contribution in [-0.4, -0.2) is 30.3 Å². The Morgan fingerprint density at radius 3 is 2.70 bits per heavy atom. The van der Waals surface area contributed by atoms with Gasteiger partial charge in [0.05, 0.1) is 19.2 Å². The Morgan fingerprint density at radius 1 is 1.30 bits per heavy atom. The molecular formula is C17H24ClN3O2. The van der Waals surface area contributed by atoms with Crippen LogP contribution >= 0.6 is 11.6 Å². The second kappa shape index (κ2) is 8.22. The highest BCUT2D eigenvalue weighted by atomic mass is 35.5. The van der Waals surface area contributed by atoms with Gasteiger partial charge in [-0.1, -0.05) is 18.5 Å². The quantitative estimate of drug-likeness (QED) is 0.803. The van der Waals surface area contributed by atoms with Crippen LogP contribution in [0.15, 0.2) is 24.5 Å². The van der Waals surface area contributed by atoms with E-state index in [0.29, 0.717) is 22.4 Å². The summed E-state index contributed by atoms with van der Waals surface area (Å²) in [6.07, 6.45) is 3.85. The summed E-state index contributed by atoms with van der Waals surface area (Å²) >= 11 is 6.22. The lowest BCUT2D eigenvalue weighted by molar-refractivity contribution is 0.354. The number of rotatable bonds is 8. The Kier molecular flexibility index (Phi) is 6.30. The molecule has 0 saturated carbocycles. The van der Waals surface area contributed by atoms with Gasteiger partial charge >= 0.3 is 0 Å². The molecule has 0 aliphatic carbocycles. The fourth-order valence-corrected chi connectivity index (χ4v) is 2.84. The molecule has 0 aliphatic heterocycles. The molecule has 0 saturated heterocycles. The molecule has 2 aromatic rings. The van der Waals surface area contributed by atoms with Crippen molar-refractivity contribution in [2.75, 3.05) is 20.8 Å². The first-order valence-electron chi connectivity index (χ1n) is 7.64. The number of hydrogen-bond acceptors (Lipinski definition) is 4. The normalized spacial score (nSPS) is 12.2. The van der Waals surface area contributed by atoms with E-state index in [-0.39, 0.29) is 0 Å². The third-order valence-electron chi connectivity index (χ3n) is 3.75. The van der Waals surface area contributed by atoms with Crippen molar-refractivity contribution in [3.05, 3.63) is 40.9 Å². The molecule has 126 valence electrons. The van der Waals surface area contributed by atoms with Gasteiger partial charge in [0.25, 0.3) is 0 Å². The fourth-order valence-electron chi connectivity index (χ4n) is 2.53. The number of hydrogen-bond donors (Lipinski definition) is 1. The summed E-state index contributed by atoms with van der Waals surface area (Å²) in [5.41, 5.74) is 1.07. The van der Waals surface area contributed by atoms with Crippen molar-refractivity contribution < 1.29 is 9.47 Å². The lowest BCUT2D eigenvalue weighted by atomic mass is 10.1. The molecule has 1 aromatic heterocycles. The predicted molar refractivity (Wildman–Crippen MR) is 92.4 cm³/mol. The van der Waals surface area contributed by atoms with Crippen molar-refractivity contribution in [1.82, 2.24) is 14.9 Å². The molecule has 0 aliphatic rings. The van der Waals surface area contributed by atoms with Crippen molar-refractivity contribution in [1.29, 1.82) is 0 Å². The van der Waals surface area contributed by atoms with E-state index in [1.807, 2.05) is 31.5 Å². The average molecular weight is 338 g/mol. The van der Waals surface area contributed by atoms with Gasteiger partial charge in [0.2, 0.25) is 0 Å². The van der Waals surface area contributed by atoms with Gasteiger partial charge in [0.1, 0.15) is 5.82 Å². The molecule has 1 heterocycles. The maximum atomic E-state index is 6.22. The first-order valence-corrected chi connectivity index (χ1v) is 8.01. The number of halogens is 1. The van der Waals surface area contributed by atoms with Gasteiger partial charge in [-0.25, -0.2) is 4.98 Å². The van der Waals surface area contributed by atoms with Crippen LogP contribution in [-0.2, 0) is 13.1 Å². The molecule has 0 bridgehead atoms. The van der Waals surface area contributed by atoms with Crippen LogP contribution in [0.2, 0.25) is 5.02 Å². The second-order valence-electron chi connectivity index (χ2n) is 5.68. The summed E-state index contributed by atoms with van der Waals surface area (Å²) in [5.74, 6) is 2.77. The van der Waals surface area contributed by atoms with Crippen LogP contribution in [0.25, 0.3) is 0 Å². The average Bonchev–Trinajstić information content (AvgIpc) is 2.91. The van der Waals surface area contributed by atoms with Gasteiger partial charge in [-0.2, -0.15) is 0 Å². The van der Waals surface area contributed by atoms with Gasteiger partial charge in [-0.15, -0.1) is 0 Å². The molecule has 2 rings (SSSR count). The Hall–Kier alpha value is -1.72. The molecule has 1 aromatic carbocycles. The minimum Gasteiger partial charge on any atom is -0.493 e. The Bertz CT molecular complexity index is 643. The molecule has 0 amide bonds. The van der Waals surface area contributed by atoms with Crippen molar-refractivity contribution in [3.8, 4) is 11.5 Å². The summed E-state index contributed by atoms with van der Waals surface area (Å²) in [6, 6.07) is 3.85. The molecule has 1 unspecified atom stereocenters. The molecule has 1 N–H and O–H groups in total. The first-order chi connectivity index (χ1) is 11.0. The van der Waals surface area contributed by atoms with Gasteiger partial charge in [0.15, 0.2) is 11.5 Å². The number of aromatic nitrogens is 2. The largest absolute Gasteiger partial charge is 0.493 e. The second-order valence-corrected chi connectivity index (χ2v) is 6.08. The topological polar surface area (TPSA) is 48.3 Å². The Labute approximate surface area is 142 Å². The third-order valence-corrected chi connectivity index (χ3v) is 4.03. The number of ether oxygens (including phenoxy) is 2. The van der Waals surface area contributed by atoms with Crippen molar-refractivity contribution in [2.24, 2.45) is 5.92 Å². The summed E-state index contributed by atoms with van der Waals surface area (Å²) in [4.78, 5) is 4.24. The molecule has 0 spiro atoms. The Balaban J connectivity index is 1.88. The monoisotopic (exact) mass is 337 g/mol. The van der Waals surface area contributed by atoms with Crippen LogP contribution < -0.4 is 14.8 Å². The standard InChI is InChI=1S/C17H24ClN3O2/c1-12(11-21-6-5-20-13(21)2)9-19-10-14-7-15(18)17(23-4)16(8-14)22-3/h5-8,12,19H,9-11H2,1-4H3. The van der Waals surface area contributed by atoms with Crippen molar-refractivity contribution in [3.63, 3.8) is 0 Å². The van der Waals surface area contributed by atoms with E-state index in [4.69, 9.17) is 21.1 Å². The molecule has 1 atom stereocenters. The number of benzene rings is 1. The first kappa shape index (κ1) is 17.6. The van der Waals surface area contributed by atoms with E-state index in [0.717, 1.165) is 31.0 Å². The summed E-state index contributed by atoms with van der Waals surface area (Å²) < 4.78 is 12.7. The van der Waals surface area contributed by atoms with E-state index in [1.165, 1.54) is 0 Å². The van der Waals surface area contributed by atoms with Crippen LogP contribution in [0.3, 0.4) is 0 Å². The molecule has 23 heavy (non-hydrogen) atoms. The number of nitrogens with zero attached hydrogens (tertiary/aromatic N) is 2. The maximum Gasteiger partial charge on any atom is 0.179 e. The summed E-state index contributed by atoms with van der Waals surface area (Å²) in [6.45, 7) is 6.82. The van der Waals surface area contributed by atoms with E-state index in [9.17, 15) is 0 Å². The molecule has 5 nitrogen and oxygen atoms in total. The highest BCUT2D eigenvalue weighted by Gasteiger charge is 2.11. The summed E-state index contributed by atoms with van der Waals surface area (Å²) in [5, 5.41) is 4.02. The highest BCUT2D eigenvalue weighted by molar-refractivity contribution is 6.32. The van der Waals surface area contributed by atoms with Gasteiger partial charge in [0, 0.05) is 25.5 Å². The molecule has 0 radical (unpaired) electrons. The van der Waals surface area contributed by atoms with E-state index >= 15 is 0 Å². The lowest BCUT2D eigenvalue weighted by Gasteiger charge is -2.15. The smallest absolute Gasteiger partial charge is 0.179 e. The van der Waals surface area contributed by atoms with Crippen LogP contribution in [0.5, 0.6) is 11.5 Å². The van der Waals surface area contributed by atoms with E-state index < -0.39 is 0 Å². The number of nitrogens with one attached hydrogen (secondary N) is 1. The number of methoxy groups -OCH3 is 2. The SMILES string of the molecule is COc1cc(CNCC(C)Cn2ccnc2C)cc(Cl)c1OC. The molecule has 0 fully saturated rings. The fraction of sp³-hybridized carbons (Fsp3) is 0.471. The van der Waals surface area contributed by atoms with E-state index in [2.05, 4.69) is 21.8 Å². The molecule has 6 heteroatoms. The number of aryl methyl sites for hydroxylation is 1. The van der Waals surface area contributed by atoms with Crippen molar-refractivity contribution >= 4 is 11.6 Å². The van der Waals surface area contributed by atoms with Crippen molar-refractivity contribution in [2.45, 2.75) is 26.9 Å². The molecular weight excluding hydrogens is 314 g/mol. The predicted octanol–water partition coefficient (Wildman–Crippen LogP) is 3.29. The van der Waals surface area contributed by atoms with Gasteiger partial charge in [-0.05, 0) is 37.1 Å². The Morgan fingerprint density at radius 2 is 2.09 bits per heavy atom. The van der Waals surface area contributed by atoms with Crippen LogP contribution in [0, 0.1) is 12.8 Å². The van der Waals surface area contributed by atoms with Crippen LogP contribution in [0.4, 0.5) is 0 Å². The van der Waals surface area contributed by atoms with Gasteiger partial charge < -0.3 is 19.4 Å². The zero-order valence-electron chi connectivity index (χ0n) is 14.1. The maximum absolute atomic E-state index is 6.22. The van der Waals surface area contributed by atoms with Gasteiger partial charge in [-0.3, -0.25) is 0 Å².